The van der Waals surface area contributed by atoms with E-state index in [2.05, 4.69) is 17.1 Å². The van der Waals surface area contributed by atoms with Crippen molar-refractivity contribution in [1.82, 2.24) is 4.98 Å². The van der Waals surface area contributed by atoms with Gasteiger partial charge in [-0.25, -0.2) is 4.57 Å². The summed E-state index contributed by atoms with van der Waals surface area (Å²) in [7, 11) is 1.64. The van der Waals surface area contributed by atoms with Crippen molar-refractivity contribution >= 4 is 5.78 Å². The van der Waals surface area contributed by atoms with Crippen LogP contribution in [0.4, 0.5) is 0 Å². The molecule has 1 aromatic heterocycles. The van der Waals surface area contributed by atoms with Crippen LogP contribution in [0.15, 0.2) is 97.5 Å². The number of hydrogen-bond donors (Lipinski definition) is 0. The standard InChI is InChI=1S/C25H21N2O2/c1-29-23-13-11-21(12-14-23)24-15-16-27(18-26-24)17-25(28)22-9-7-20(8-10-22)19-5-3-2-4-6-19/h2-16,18H,17H2,1H3/q+1. The van der Waals surface area contributed by atoms with Gasteiger partial charge in [0.25, 0.3) is 6.33 Å². The Kier molecular flexibility index (Phi) is 5.43. The van der Waals surface area contributed by atoms with Crippen LogP contribution in [0.25, 0.3) is 22.4 Å². The molecular formula is C25H21N2O2+. The Morgan fingerprint density at radius 1 is 0.828 bits per heavy atom. The lowest BCUT2D eigenvalue weighted by Crippen LogP contribution is -2.37. The maximum atomic E-state index is 12.6. The van der Waals surface area contributed by atoms with Crippen molar-refractivity contribution in [2.45, 2.75) is 6.54 Å². The fourth-order valence-corrected chi connectivity index (χ4v) is 3.15. The van der Waals surface area contributed by atoms with Crippen molar-refractivity contribution in [3.05, 3.63) is 103 Å². The number of aromatic nitrogens is 2. The van der Waals surface area contributed by atoms with Crippen LogP contribution in [0.2, 0.25) is 0 Å². The highest BCUT2D eigenvalue weighted by Crippen LogP contribution is 2.20. The van der Waals surface area contributed by atoms with Gasteiger partial charge in [-0.15, -0.1) is 0 Å². The Balaban J connectivity index is 1.44. The summed E-state index contributed by atoms with van der Waals surface area (Å²) >= 11 is 0. The largest absolute Gasteiger partial charge is 0.497 e. The van der Waals surface area contributed by atoms with E-state index < -0.39 is 0 Å². The maximum absolute atomic E-state index is 12.6. The van der Waals surface area contributed by atoms with E-state index >= 15 is 0 Å². The Labute approximate surface area is 170 Å². The van der Waals surface area contributed by atoms with Crippen LogP contribution in [0.1, 0.15) is 10.4 Å². The lowest BCUT2D eigenvalue weighted by Gasteiger charge is -2.04. The van der Waals surface area contributed by atoms with E-state index in [4.69, 9.17) is 4.74 Å². The van der Waals surface area contributed by atoms with Gasteiger partial charge in [0.15, 0.2) is 12.2 Å². The number of nitrogens with zero attached hydrogens (tertiary/aromatic N) is 2. The van der Waals surface area contributed by atoms with Crippen molar-refractivity contribution in [3.63, 3.8) is 0 Å². The fraction of sp³-hybridized carbons (Fsp3) is 0.0800. The molecule has 0 saturated heterocycles. The van der Waals surface area contributed by atoms with Gasteiger partial charge in [-0.1, -0.05) is 54.6 Å². The average Bonchev–Trinajstić information content (AvgIpc) is 2.80. The molecule has 0 atom stereocenters. The average molecular weight is 381 g/mol. The van der Waals surface area contributed by atoms with Gasteiger partial charge in [-0.3, -0.25) is 4.79 Å². The summed E-state index contributed by atoms with van der Waals surface area (Å²) in [6, 6.07) is 27.5. The van der Waals surface area contributed by atoms with Gasteiger partial charge >= 0.3 is 0 Å². The molecule has 0 spiro atoms. The highest BCUT2D eigenvalue weighted by atomic mass is 16.5. The number of carbonyl (C=O) groups is 1. The number of hydrogen-bond acceptors (Lipinski definition) is 3. The highest BCUT2D eigenvalue weighted by molar-refractivity contribution is 5.95. The number of Topliss-reactive ketones (excluding diaryl/α,β-unsaturated/α-hetero) is 1. The highest BCUT2D eigenvalue weighted by Gasteiger charge is 2.12. The van der Waals surface area contributed by atoms with Gasteiger partial charge in [0.05, 0.1) is 13.3 Å². The summed E-state index contributed by atoms with van der Waals surface area (Å²) < 4.78 is 6.97. The third kappa shape index (κ3) is 4.38. The van der Waals surface area contributed by atoms with E-state index in [0.29, 0.717) is 5.56 Å². The lowest BCUT2D eigenvalue weighted by atomic mass is 10.0. The molecule has 29 heavy (non-hydrogen) atoms. The van der Waals surface area contributed by atoms with Crippen molar-refractivity contribution < 1.29 is 14.1 Å². The molecule has 0 radical (unpaired) electrons. The zero-order chi connectivity index (χ0) is 20.1. The first-order valence-corrected chi connectivity index (χ1v) is 9.41. The third-order valence-corrected chi connectivity index (χ3v) is 4.79. The van der Waals surface area contributed by atoms with E-state index in [1.807, 2.05) is 79.0 Å². The minimum atomic E-state index is 0.0496. The molecule has 0 N–H and O–H groups in total. The molecule has 0 unspecified atom stereocenters. The van der Waals surface area contributed by atoms with E-state index in [1.54, 1.807) is 18.0 Å². The molecule has 0 saturated carbocycles. The van der Waals surface area contributed by atoms with Crippen molar-refractivity contribution in [2.75, 3.05) is 7.11 Å². The van der Waals surface area contributed by atoms with Crippen molar-refractivity contribution in [3.8, 4) is 28.1 Å². The second-order valence-electron chi connectivity index (χ2n) is 6.71. The molecule has 1 heterocycles. The smallest absolute Gasteiger partial charge is 0.287 e. The quantitative estimate of drug-likeness (QED) is 0.362. The molecule has 0 aliphatic heterocycles. The number of ketones is 1. The molecule has 3 aromatic carbocycles. The minimum absolute atomic E-state index is 0.0496. The summed E-state index contributed by atoms with van der Waals surface area (Å²) in [5.41, 5.74) is 4.78. The molecule has 0 fully saturated rings. The van der Waals surface area contributed by atoms with E-state index in [1.165, 1.54) is 0 Å². The monoisotopic (exact) mass is 381 g/mol. The summed E-state index contributed by atoms with van der Waals surface area (Å²) in [4.78, 5) is 17.1. The normalized spacial score (nSPS) is 10.5. The minimum Gasteiger partial charge on any atom is -0.497 e. The second-order valence-corrected chi connectivity index (χ2v) is 6.71. The molecule has 4 aromatic rings. The summed E-state index contributed by atoms with van der Waals surface area (Å²) in [5, 5.41) is 0. The molecule has 4 heteroatoms. The fourth-order valence-electron chi connectivity index (χ4n) is 3.15. The van der Waals surface area contributed by atoms with Gasteiger partial charge < -0.3 is 4.74 Å². The van der Waals surface area contributed by atoms with E-state index in [0.717, 1.165) is 28.1 Å². The van der Waals surface area contributed by atoms with E-state index in [9.17, 15) is 4.79 Å². The van der Waals surface area contributed by atoms with E-state index in [-0.39, 0.29) is 12.3 Å². The van der Waals surface area contributed by atoms with Crippen molar-refractivity contribution in [2.24, 2.45) is 0 Å². The Morgan fingerprint density at radius 3 is 2.10 bits per heavy atom. The second kappa shape index (κ2) is 8.48. The summed E-state index contributed by atoms with van der Waals surface area (Å²) in [6.07, 6.45) is 3.57. The Hall–Kier alpha value is -3.79. The first-order chi connectivity index (χ1) is 14.2. The van der Waals surface area contributed by atoms with Gasteiger partial charge in [-0.2, -0.15) is 0 Å². The summed E-state index contributed by atoms with van der Waals surface area (Å²) in [5.74, 6) is 0.859. The van der Waals surface area contributed by atoms with Crippen LogP contribution < -0.4 is 9.30 Å². The van der Waals surface area contributed by atoms with Crippen LogP contribution in [0.5, 0.6) is 5.75 Å². The number of methoxy groups -OCH3 is 1. The molecule has 142 valence electrons. The predicted molar refractivity (Wildman–Crippen MR) is 113 cm³/mol. The number of carbonyl (C=O) groups excluding carboxylic acids is 1. The Bertz CT molecular complexity index is 1090. The predicted octanol–water partition coefficient (Wildman–Crippen LogP) is 4.59. The SMILES string of the molecule is COc1ccc(-c2cc[n+](CC(=O)c3ccc(-c4ccccc4)cc3)cn2)cc1. The Morgan fingerprint density at radius 2 is 1.48 bits per heavy atom. The molecule has 4 rings (SSSR count). The third-order valence-electron chi connectivity index (χ3n) is 4.79. The van der Waals surface area contributed by atoms with Crippen LogP contribution in [-0.2, 0) is 6.54 Å². The molecule has 0 bridgehead atoms. The van der Waals surface area contributed by atoms with Crippen LogP contribution in [0.3, 0.4) is 0 Å². The van der Waals surface area contributed by atoms with Gasteiger partial charge in [0.1, 0.15) is 5.75 Å². The lowest BCUT2D eigenvalue weighted by molar-refractivity contribution is -0.686. The molecule has 4 nitrogen and oxygen atoms in total. The van der Waals surface area contributed by atoms with Crippen molar-refractivity contribution in [1.29, 1.82) is 0 Å². The molecular weight excluding hydrogens is 360 g/mol. The van der Waals surface area contributed by atoms with Crippen LogP contribution in [-0.4, -0.2) is 17.9 Å². The van der Waals surface area contributed by atoms with Crippen LogP contribution in [0, 0.1) is 0 Å². The number of ether oxygens (including phenoxy) is 1. The zero-order valence-corrected chi connectivity index (χ0v) is 16.2. The molecule has 0 aliphatic carbocycles. The topological polar surface area (TPSA) is 43.1 Å². The molecule has 0 amide bonds. The number of rotatable bonds is 6. The van der Waals surface area contributed by atoms with Gasteiger partial charge in [0, 0.05) is 17.2 Å². The van der Waals surface area contributed by atoms with Crippen LogP contribution >= 0.6 is 0 Å². The zero-order valence-electron chi connectivity index (χ0n) is 16.2. The first kappa shape index (κ1) is 18.6. The maximum Gasteiger partial charge on any atom is 0.287 e. The van der Waals surface area contributed by atoms with Gasteiger partial charge in [0.2, 0.25) is 5.78 Å². The number of benzene rings is 3. The summed E-state index contributed by atoms with van der Waals surface area (Å²) in [6.45, 7) is 0.251. The first-order valence-electron chi connectivity index (χ1n) is 9.41. The molecule has 0 aliphatic rings. The van der Waals surface area contributed by atoms with Gasteiger partial charge in [-0.05, 0) is 40.4 Å².